The van der Waals surface area contributed by atoms with Gasteiger partial charge in [0.2, 0.25) is 11.8 Å². The molecule has 3 heterocycles. The van der Waals surface area contributed by atoms with Gasteiger partial charge in [0.15, 0.2) is 0 Å². The summed E-state index contributed by atoms with van der Waals surface area (Å²) in [5, 5.41) is 13.0. The van der Waals surface area contributed by atoms with Crippen molar-refractivity contribution in [3.63, 3.8) is 0 Å². The van der Waals surface area contributed by atoms with Crippen LogP contribution in [-0.2, 0) is 6.54 Å². The van der Waals surface area contributed by atoms with Gasteiger partial charge >= 0.3 is 0 Å². The number of nitrogens with zero attached hydrogens (tertiary/aromatic N) is 4. The van der Waals surface area contributed by atoms with Crippen molar-refractivity contribution in [1.29, 1.82) is 0 Å². The zero-order valence-corrected chi connectivity index (χ0v) is 10.8. The monoisotopic (exact) mass is 261 g/mol. The molecule has 3 aromatic rings. The number of anilines is 1. The summed E-state index contributed by atoms with van der Waals surface area (Å²) in [6, 6.07) is 0. The molecule has 0 aliphatic rings. The van der Waals surface area contributed by atoms with Crippen molar-refractivity contribution in [2.24, 2.45) is 0 Å². The van der Waals surface area contributed by atoms with Crippen LogP contribution >= 0.6 is 11.3 Å². The van der Waals surface area contributed by atoms with Gasteiger partial charge in [-0.3, -0.25) is 0 Å². The van der Waals surface area contributed by atoms with Crippen LogP contribution in [-0.4, -0.2) is 20.2 Å². The smallest absolute Gasteiger partial charge is 0.235 e. The minimum Gasteiger partial charge on any atom is -0.424 e. The lowest BCUT2D eigenvalue weighted by Gasteiger charge is -2.03. The third kappa shape index (κ3) is 1.92. The van der Waals surface area contributed by atoms with Gasteiger partial charge in [0.25, 0.3) is 0 Å². The fraction of sp³-hybridized carbons (Fsp3) is 0.273. The standard InChI is InChI=1S/C11H11N5OS/c1-6-4-18-10-9(6)13-5-14-11(10)12-3-8-16-15-7(2)17-8/h4-5H,3H2,1-2H3,(H,12,13,14). The molecule has 7 heteroatoms. The van der Waals surface area contributed by atoms with Crippen molar-refractivity contribution >= 4 is 27.4 Å². The molecule has 0 saturated carbocycles. The highest BCUT2D eigenvalue weighted by molar-refractivity contribution is 7.17. The lowest BCUT2D eigenvalue weighted by Crippen LogP contribution is -2.02. The molecule has 0 radical (unpaired) electrons. The molecule has 0 saturated heterocycles. The number of nitrogens with one attached hydrogen (secondary N) is 1. The lowest BCUT2D eigenvalue weighted by atomic mass is 10.3. The Morgan fingerprint density at radius 2 is 2.17 bits per heavy atom. The zero-order valence-electron chi connectivity index (χ0n) is 9.97. The van der Waals surface area contributed by atoms with E-state index >= 15 is 0 Å². The van der Waals surface area contributed by atoms with Crippen LogP contribution < -0.4 is 5.32 Å². The van der Waals surface area contributed by atoms with Gasteiger partial charge in [-0.2, -0.15) is 0 Å². The van der Waals surface area contributed by atoms with Crippen molar-refractivity contribution < 1.29 is 4.42 Å². The lowest BCUT2D eigenvalue weighted by molar-refractivity contribution is 0.474. The van der Waals surface area contributed by atoms with Crippen molar-refractivity contribution in [1.82, 2.24) is 20.2 Å². The van der Waals surface area contributed by atoms with Crippen molar-refractivity contribution in [3.8, 4) is 0 Å². The van der Waals surface area contributed by atoms with E-state index in [0.29, 0.717) is 18.3 Å². The number of aryl methyl sites for hydroxylation is 2. The minimum absolute atomic E-state index is 0.462. The molecule has 18 heavy (non-hydrogen) atoms. The molecule has 0 amide bonds. The molecule has 0 aliphatic heterocycles. The summed E-state index contributed by atoms with van der Waals surface area (Å²) in [5.41, 5.74) is 2.15. The van der Waals surface area contributed by atoms with Crippen molar-refractivity contribution in [3.05, 3.63) is 29.1 Å². The second-order valence-electron chi connectivity index (χ2n) is 3.89. The molecule has 0 atom stereocenters. The Hall–Kier alpha value is -2.02. The van der Waals surface area contributed by atoms with Gasteiger partial charge in [0.1, 0.15) is 12.1 Å². The van der Waals surface area contributed by atoms with Crippen LogP contribution in [0.4, 0.5) is 5.82 Å². The van der Waals surface area contributed by atoms with Gasteiger partial charge in [-0.25, -0.2) is 9.97 Å². The van der Waals surface area contributed by atoms with Crippen LogP contribution in [0.1, 0.15) is 17.3 Å². The molecule has 92 valence electrons. The second kappa shape index (κ2) is 4.34. The molecule has 0 bridgehead atoms. The highest BCUT2D eigenvalue weighted by atomic mass is 32.1. The molecule has 6 nitrogen and oxygen atoms in total. The summed E-state index contributed by atoms with van der Waals surface area (Å²) >= 11 is 1.63. The topological polar surface area (TPSA) is 76.7 Å². The second-order valence-corrected chi connectivity index (χ2v) is 4.77. The van der Waals surface area contributed by atoms with E-state index in [2.05, 4.69) is 30.9 Å². The number of fused-ring (bicyclic) bond motifs is 1. The first-order valence-electron chi connectivity index (χ1n) is 5.45. The zero-order chi connectivity index (χ0) is 12.5. The maximum Gasteiger partial charge on any atom is 0.235 e. The number of hydrogen-bond acceptors (Lipinski definition) is 7. The largest absolute Gasteiger partial charge is 0.424 e. The molecule has 1 N–H and O–H groups in total. The Morgan fingerprint density at radius 1 is 1.28 bits per heavy atom. The summed E-state index contributed by atoms with van der Waals surface area (Å²) in [6.07, 6.45) is 1.56. The number of hydrogen-bond donors (Lipinski definition) is 1. The summed E-state index contributed by atoms with van der Waals surface area (Å²) in [7, 11) is 0. The van der Waals surface area contributed by atoms with E-state index in [4.69, 9.17) is 4.42 Å². The summed E-state index contributed by atoms with van der Waals surface area (Å²) in [6.45, 7) is 4.27. The van der Waals surface area contributed by atoms with Gasteiger partial charge in [-0.1, -0.05) is 0 Å². The maximum absolute atomic E-state index is 5.30. The molecule has 3 rings (SSSR count). The van der Waals surface area contributed by atoms with E-state index in [-0.39, 0.29) is 0 Å². The predicted molar refractivity (Wildman–Crippen MR) is 68.5 cm³/mol. The van der Waals surface area contributed by atoms with Gasteiger partial charge < -0.3 is 9.73 Å². The van der Waals surface area contributed by atoms with Gasteiger partial charge in [0.05, 0.1) is 16.8 Å². The maximum atomic E-state index is 5.30. The SMILES string of the molecule is Cc1nnc(CNc2ncnc3c(C)csc23)o1. The van der Waals surface area contributed by atoms with E-state index in [9.17, 15) is 0 Å². The predicted octanol–water partition coefficient (Wildman–Crippen LogP) is 2.30. The Balaban J connectivity index is 1.86. The Bertz CT molecular complexity index is 690. The van der Waals surface area contributed by atoms with Crippen LogP contribution in [0, 0.1) is 13.8 Å². The normalized spacial score (nSPS) is 11.0. The van der Waals surface area contributed by atoms with Crippen molar-refractivity contribution in [2.45, 2.75) is 20.4 Å². The van der Waals surface area contributed by atoms with Crippen LogP contribution in [0.3, 0.4) is 0 Å². The van der Waals surface area contributed by atoms with Crippen LogP contribution in [0.2, 0.25) is 0 Å². The Morgan fingerprint density at radius 3 is 2.94 bits per heavy atom. The van der Waals surface area contributed by atoms with E-state index < -0.39 is 0 Å². The van der Waals surface area contributed by atoms with Gasteiger partial charge in [-0.15, -0.1) is 21.5 Å². The van der Waals surface area contributed by atoms with Crippen LogP contribution in [0.5, 0.6) is 0 Å². The molecular formula is C11H11N5OS. The molecule has 0 aliphatic carbocycles. The Kier molecular flexibility index (Phi) is 2.67. The molecule has 0 aromatic carbocycles. The third-order valence-electron chi connectivity index (χ3n) is 2.51. The summed E-state index contributed by atoms with van der Waals surface area (Å²) < 4.78 is 6.35. The van der Waals surface area contributed by atoms with E-state index in [1.165, 1.54) is 0 Å². The van der Waals surface area contributed by atoms with Gasteiger partial charge in [-0.05, 0) is 17.9 Å². The summed E-state index contributed by atoms with van der Waals surface area (Å²) in [5.74, 6) is 1.91. The first-order chi connectivity index (χ1) is 8.74. The fourth-order valence-electron chi connectivity index (χ4n) is 1.66. The number of rotatable bonds is 3. The van der Waals surface area contributed by atoms with Crippen molar-refractivity contribution in [2.75, 3.05) is 5.32 Å². The Labute approximate surface area is 107 Å². The minimum atomic E-state index is 0.462. The highest BCUT2D eigenvalue weighted by Gasteiger charge is 2.09. The van der Waals surface area contributed by atoms with Gasteiger partial charge in [0, 0.05) is 6.92 Å². The number of thiophene rings is 1. The van der Waals surface area contributed by atoms with Crippen LogP contribution in [0.25, 0.3) is 10.2 Å². The fourth-order valence-corrected chi connectivity index (χ4v) is 2.63. The first kappa shape index (κ1) is 11.1. The third-order valence-corrected chi connectivity index (χ3v) is 3.60. The average Bonchev–Trinajstić information content (AvgIpc) is 2.94. The summed E-state index contributed by atoms with van der Waals surface area (Å²) in [4.78, 5) is 8.51. The number of aromatic nitrogens is 4. The molecule has 0 unspecified atom stereocenters. The molecule has 3 aromatic heterocycles. The molecular weight excluding hydrogens is 250 g/mol. The molecule has 0 spiro atoms. The van der Waals surface area contributed by atoms with Crippen LogP contribution in [0.15, 0.2) is 16.1 Å². The first-order valence-corrected chi connectivity index (χ1v) is 6.33. The van der Waals surface area contributed by atoms with E-state index in [1.54, 1.807) is 24.6 Å². The average molecular weight is 261 g/mol. The molecule has 0 fully saturated rings. The van der Waals surface area contributed by atoms with E-state index in [0.717, 1.165) is 21.6 Å². The van der Waals surface area contributed by atoms with E-state index in [1.807, 2.05) is 6.92 Å². The highest BCUT2D eigenvalue weighted by Crippen LogP contribution is 2.28. The quantitative estimate of drug-likeness (QED) is 0.779.